The molecule has 0 fully saturated rings. The number of nitrogens with one attached hydrogen (secondary N) is 1. The van der Waals surface area contributed by atoms with Crippen LogP contribution in [0.5, 0.6) is 11.5 Å². The van der Waals surface area contributed by atoms with E-state index in [2.05, 4.69) is 31.2 Å². The van der Waals surface area contributed by atoms with E-state index >= 15 is 0 Å². The van der Waals surface area contributed by atoms with Gasteiger partial charge in [-0.2, -0.15) is 0 Å². The molecule has 0 atom stereocenters. The lowest BCUT2D eigenvalue weighted by molar-refractivity contribution is 0.356. The Labute approximate surface area is 146 Å². The Kier molecular flexibility index (Phi) is 4.54. The first-order valence-electron chi connectivity index (χ1n) is 6.71. The third-order valence-electron chi connectivity index (χ3n) is 3.32. The summed E-state index contributed by atoms with van der Waals surface area (Å²) in [7, 11) is 3.18. The zero-order valence-corrected chi connectivity index (χ0v) is 14.8. The molecular weight excluding hydrogens is 382 g/mol. The van der Waals surface area contributed by atoms with Crippen molar-refractivity contribution in [2.24, 2.45) is 0 Å². The summed E-state index contributed by atoms with van der Waals surface area (Å²) in [5.74, 6) is 1.90. The van der Waals surface area contributed by atoms with Crippen LogP contribution in [0.15, 0.2) is 41.1 Å². The molecule has 0 radical (unpaired) electrons. The second-order valence-electron chi connectivity index (χ2n) is 4.70. The van der Waals surface area contributed by atoms with Crippen molar-refractivity contribution in [3.63, 3.8) is 0 Å². The van der Waals surface area contributed by atoms with E-state index in [4.69, 9.17) is 21.1 Å². The Hall–Kier alpha value is -2.05. The minimum absolute atomic E-state index is 0.617. The maximum atomic E-state index is 6.13. The van der Waals surface area contributed by atoms with E-state index in [1.807, 2.05) is 30.3 Å². The summed E-state index contributed by atoms with van der Waals surface area (Å²) >= 11 is 9.50. The van der Waals surface area contributed by atoms with Crippen molar-refractivity contribution in [1.29, 1.82) is 0 Å². The number of fused-ring (bicyclic) bond motifs is 1. The average molecular weight is 395 g/mol. The van der Waals surface area contributed by atoms with Crippen LogP contribution in [0.4, 0.5) is 11.5 Å². The third kappa shape index (κ3) is 3.18. The zero-order valence-electron chi connectivity index (χ0n) is 12.4. The van der Waals surface area contributed by atoms with Crippen molar-refractivity contribution in [2.75, 3.05) is 19.5 Å². The highest BCUT2D eigenvalue weighted by Crippen LogP contribution is 2.35. The van der Waals surface area contributed by atoms with Crippen molar-refractivity contribution in [1.82, 2.24) is 9.97 Å². The Balaban J connectivity index is 2.08. The van der Waals surface area contributed by atoms with E-state index in [9.17, 15) is 0 Å². The molecular formula is C16H13BrClN3O2. The lowest BCUT2D eigenvalue weighted by Crippen LogP contribution is -1.98. The molecule has 1 aromatic heterocycles. The molecule has 1 heterocycles. The van der Waals surface area contributed by atoms with Crippen molar-refractivity contribution in [2.45, 2.75) is 0 Å². The Morgan fingerprint density at radius 3 is 2.48 bits per heavy atom. The van der Waals surface area contributed by atoms with Crippen LogP contribution in [-0.2, 0) is 0 Å². The monoisotopic (exact) mass is 393 g/mol. The van der Waals surface area contributed by atoms with Gasteiger partial charge in [-0.25, -0.2) is 9.97 Å². The van der Waals surface area contributed by atoms with Crippen molar-refractivity contribution in [3.8, 4) is 11.5 Å². The fourth-order valence-corrected chi connectivity index (χ4v) is 2.62. The van der Waals surface area contributed by atoms with Crippen molar-refractivity contribution < 1.29 is 9.47 Å². The average Bonchev–Trinajstić information content (AvgIpc) is 2.57. The van der Waals surface area contributed by atoms with Gasteiger partial charge in [0.15, 0.2) is 11.5 Å². The van der Waals surface area contributed by atoms with Gasteiger partial charge in [0.2, 0.25) is 0 Å². The van der Waals surface area contributed by atoms with Gasteiger partial charge in [0, 0.05) is 21.6 Å². The second-order valence-corrected chi connectivity index (χ2v) is 5.96. The highest BCUT2D eigenvalue weighted by atomic mass is 79.9. The molecule has 2 aromatic carbocycles. The molecule has 0 aliphatic heterocycles. The van der Waals surface area contributed by atoms with E-state index in [1.165, 1.54) is 6.33 Å². The summed E-state index contributed by atoms with van der Waals surface area (Å²) in [5.41, 5.74) is 1.58. The first kappa shape index (κ1) is 15.8. The van der Waals surface area contributed by atoms with Gasteiger partial charge in [-0.15, -0.1) is 0 Å². The van der Waals surface area contributed by atoms with Gasteiger partial charge < -0.3 is 14.8 Å². The van der Waals surface area contributed by atoms with E-state index in [0.717, 1.165) is 21.1 Å². The molecule has 0 bridgehead atoms. The number of anilines is 2. The van der Waals surface area contributed by atoms with Gasteiger partial charge in [-0.05, 0) is 40.2 Å². The summed E-state index contributed by atoms with van der Waals surface area (Å²) in [4.78, 5) is 8.59. The SMILES string of the molecule is COc1cc2ncnc(Nc3ccc(Br)c(Cl)c3)c2cc1OC. The fraction of sp³-hybridized carbons (Fsp3) is 0.125. The summed E-state index contributed by atoms with van der Waals surface area (Å²) in [5, 5.41) is 4.69. The number of hydrogen-bond donors (Lipinski definition) is 1. The molecule has 0 aliphatic carbocycles. The predicted molar refractivity (Wildman–Crippen MR) is 95.1 cm³/mol. The number of halogens is 2. The van der Waals surface area contributed by atoms with Gasteiger partial charge in [-0.3, -0.25) is 0 Å². The molecule has 0 saturated carbocycles. The van der Waals surface area contributed by atoms with E-state index in [0.29, 0.717) is 22.3 Å². The van der Waals surface area contributed by atoms with E-state index in [-0.39, 0.29) is 0 Å². The zero-order chi connectivity index (χ0) is 16.4. The van der Waals surface area contributed by atoms with Gasteiger partial charge in [0.1, 0.15) is 12.1 Å². The Morgan fingerprint density at radius 1 is 1.04 bits per heavy atom. The summed E-state index contributed by atoms with van der Waals surface area (Å²) in [6.07, 6.45) is 1.50. The van der Waals surface area contributed by atoms with Gasteiger partial charge in [-0.1, -0.05) is 11.6 Å². The molecule has 3 aromatic rings. The number of methoxy groups -OCH3 is 2. The number of nitrogens with zero attached hydrogens (tertiary/aromatic N) is 2. The predicted octanol–water partition coefficient (Wildman–Crippen LogP) is 4.81. The molecule has 1 N–H and O–H groups in total. The molecule has 0 unspecified atom stereocenters. The summed E-state index contributed by atoms with van der Waals surface area (Å²) < 4.78 is 11.5. The first-order valence-corrected chi connectivity index (χ1v) is 7.88. The molecule has 5 nitrogen and oxygen atoms in total. The van der Waals surface area contributed by atoms with Gasteiger partial charge in [0.25, 0.3) is 0 Å². The van der Waals surface area contributed by atoms with Gasteiger partial charge in [0.05, 0.1) is 24.8 Å². The van der Waals surface area contributed by atoms with Gasteiger partial charge >= 0.3 is 0 Å². The molecule has 23 heavy (non-hydrogen) atoms. The topological polar surface area (TPSA) is 56.3 Å². The summed E-state index contributed by atoms with van der Waals surface area (Å²) in [6, 6.07) is 9.26. The third-order valence-corrected chi connectivity index (χ3v) is 4.56. The van der Waals surface area contributed by atoms with Crippen molar-refractivity contribution in [3.05, 3.63) is 46.2 Å². The van der Waals surface area contributed by atoms with Crippen LogP contribution in [0, 0.1) is 0 Å². The molecule has 118 valence electrons. The standard InChI is InChI=1S/C16H13BrClN3O2/c1-22-14-6-10-13(7-15(14)23-2)19-8-20-16(10)21-9-3-4-11(17)12(18)5-9/h3-8H,1-2H3,(H,19,20,21). The Bertz CT molecular complexity index is 873. The Morgan fingerprint density at radius 2 is 1.78 bits per heavy atom. The van der Waals surface area contributed by atoms with E-state index in [1.54, 1.807) is 14.2 Å². The van der Waals surface area contributed by atoms with Crippen molar-refractivity contribution >= 4 is 49.9 Å². The number of aromatic nitrogens is 2. The molecule has 3 rings (SSSR count). The van der Waals surface area contributed by atoms with Crippen LogP contribution in [0.3, 0.4) is 0 Å². The minimum Gasteiger partial charge on any atom is -0.493 e. The lowest BCUT2D eigenvalue weighted by atomic mass is 10.2. The number of ether oxygens (including phenoxy) is 2. The normalized spacial score (nSPS) is 10.6. The molecule has 0 amide bonds. The molecule has 7 heteroatoms. The highest BCUT2D eigenvalue weighted by molar-refractivity contribution is 9.10. The lowest BCUT2D eigenvalue weighted by Gasteiger charge is -2.12. The fourth-order valence-electron chi connectivity index (χ4n) is 2.19. The smallest absolute Gasteiger partial charge is 0.162 e. The maximum Gasteiger partial charge on any atom is 0.162 e. The summed E-state index contributed by atoms with van der Waals surface area (Å²) in [6.45, 7) is 0. The first-order chi connectivity index (χ1) is 11.1. The molecule has 0 spiro atoms. The molecule has 0 aliphatic rings. The number of benzene rings is 2. The molecule has 0 saturated heterocycles. The van der Waals surface area contributed by atoms with E-state index < -0.39 is 0 Å². The van der Waals surface area contributed by atoms with Crippen LogP contribution in [-0.4, -0.2) is 24.2 Å². The van der Waals surface area contributed by atoms with Crippen LogP contribution in [0.2, 0.25) is 5.02 Å². The number of rotatable bonds is 4. The van der Waals surface area contributed by atoms with Crippen LogP contribution < -0.4 is 14.8 Å². The quantitative estimate of drug-likeness (QED) is 0.688. The van der Waals surface area contributed by atoms with Crippen LogP contribution >= 0.6 is 27.5 Å². The van der Waals surface area contributed by atoms with Crippen LogP contribution in [0.1, 0.15) is 0 Å². The highest BCUT2D eigenvalue weighted by Gasteiger charge is 2.11. The number of hydrogen-bond acceptors (Lipinski definition) is 5. The maximum absolute atomic E-state index is 6.13. The minimum atomic E-state index is 0.617. The second kappa shape index (κ2) is 6.60. The largest absolute Gasteiger partial charge is 0.493 e. The van der Waals surface area contributed by atoms with Crippen LogP contribution in [0.25, 0.3) is 10.9 Å².